The van der Waals surface area contributed by atoms with Gasteiger partial charge in [0.05, 0.1) is 0 Å². The molecule has 2 rings (SSSR count). The van der Waals surface area contributed by atoms with Crippen LogP contribution in [0.15, 0.2) is 30.3 Å². The van der Waals surface area contributed by atoms with E-state index in [-0.39, 0.29) is 11.8 Å². The zero-order valence-electron chi connectivity index (χ0n) is 12.4. The summed E-state index contributed by atoms with van der Waals surface area (Å²) in [5.41, 5.74) is 0.919. The van der Waals surface area contributed by atoms with Crippen LogP contribution in [0.5, 0.6) is 0 Å². The van der Waals surface area contributed by atoms with Gasteiger partial charge in [0, 0.05) is 12.3 Å². The Morgan fingerprint density at radius 2 is 1.81 bits per heavy atom. The number of nitrogens with one attached hydrogen (secondary N) is 1. The first-order valence-corrected chi connectivity index (χ1v) is 7.63. The van der Waals surface area contributed by atoms with Gasteiger partial charge in [0.25, 0.3) is 0 Å². The normalized spacial score (nSPS) is 23.3. The fourth-order valence-electron chi connectivity index (χ4n) is 2.86. The van der Waals surface area contributed by atoms with Gasteiger partial charge in [-0.05, 0) is 37.2 Å². The smallest absolute Gasteiger partial charge is 0.326 e. The lowest BCUT2D eigenvalue weighted by molar-refractivity contribution is -0.142. The monoisotopic (exact) mass is 289 g/mol. The molecule has 2 N–H and O–H groups in total. The van der Waals surface area contributed by atoms with Crippen LogP contribution in [0.4, 0.5) is 0 Å². The number of hydrogen-bond acceptors (Lipinski definition) is 2. The number of amides is 1. The minimum atomic E-state index is -0.976. The van der Waals surface area contributed by atoms with Crippen LogP contribution >= 0.6 is 0 Å². The molecule has 0 saturated heterocycles. The largest absolute Gasteiger partial charge is 0.480 e. The van der Waals surface area contributed by atoms with Crippen LogP contribution in [0.1, 0.15) is 38.2 Å². The quantitative estimate of drug-likeness (QED) is 0.875. The number of aliphatic carboxylic acids is 1. The highest BCUT2D eigenvalue weighted by Crippen LogP contribution is 2.28. The molecule has 0 aliphatic heterocycles. The van der Waals surface area contributed by atoms with E-state index >= 15 is 0 Å². The SMILES string of the molecule is CC1CCC(C(=O)N[C@@H](Cc2ccccc2)C(=O)O)CC1. The summed E-state index contributed by atoms with van der Waals surface area (Å²) in [5.74, 6) is -0.436. The van der Waals surface area contributed by atoms with Gasteiger partial charge in [0.2, 0.25) is 5.91 Å². The molecular weight excluding hydrogens is 266 g/mol. The predicted octanol–water partition coefficient (Wildman–Crippen LogP) is 2.62. The van der Waals surface area contributed by atoms with Crippen molar-refractivity contribution < 1.29 is 14.7 Å². The molecule has 1 aliphatic rings. The van der Waals surface area contributed by atoms with Crippen molar-refractivity contribution in [3.8, 4) is 0 Å². The van der Waals surface area contributed by atoms with Crippen molar-refractivity contribution in [2.24, 2.45) is 11.8 Å². The first-order valence-electron chi connectivity index (χ1n) is 7.63. The number of carbonyl (C=O) groups is 2. The van der Waals surface area contributed by atoms with Gasteiger partial charge in [-0.1, -0.05) is 37.3 Å². The molecule has 1 atom stereocenters. The zero-order chi connectivity index (χ0) is 15.2. The van der Waals surface area contributed by atoms with Crippen LogP contribution in [0.3, 0.4) is 0 Å². The van der Waals surface area contributed by atoms with Gasteiger partial charge >= 0.3 is 5.97 Å². The van der Waals surface area contributed by atoms with Crippen LogP contribution in [-0.4, -0.2) is 23.0 Å². The van der Waals surface area contributed by atoms with E-state index in [1.807, 2.05) is 30.3 Å². The Morgan fingerprint density at radius 3 is 2.38 bits per heavy atom. The fraction of sp³-hybridized carbons (Fsp3) is 0.529. The van der Waals surface area contributed by atoms with E-state index in [0.29, 0.717) is 12.3 Å². The summed E-state index contributed by atoms with van der Waals surface area (Å²) in [6.07, 6.45) is 4.16. The minimum absolute atomic E-state index is 0.0289. The molecule has 1 amide bonds. The molecule has 1 aromatic carbocycles. The standard InChI is InChI=1S/C17H23NO3/c1-12-7-9-14(10-8-12)16(19)18-15(17(20)21)11-13-5-3-2-4-6-13/h2-6,12,14-15H,7-11H2,1H3,(H,18,19)(H,20,21)/t12?,14?,15-/m0/s1. The molecule has 4 heteroatoms. The molecule has 0 spiro atoms. The van der Waals surface area contributed by atoms with Crippen LogP contribution < -0.4 is 5.32 Å². The maximum absolute atomic E-state index is 12.2. The van der Waals surface area contributed by atoms with Crippen molar-refractivity contribution in [2.75, 3.05) is 0 Å². The van der Waals surface area contributed by atoms with Gasteiger partial charge in [0.15, 0.2) is 0 Å². The van der Waals surface area contributed by atoms with Crippen molar-refractivity contribution in [1.82, 2.24) is 5.32 Å². The summed E-state index contributed by atoms with van der Waals surface area (Å²) in [6, 6.07) is 8.55. The van der Waals surface area contributed by atoms with E-state index in [9.17, 15) is 14.7 Å². The maximum atomic E-state index is 12.2. The molecule has 1 aromatic rings. The van der Waals surface area contributed by atoms with E-state index in [2.05, 4.69) is 12.2 Å². The molecule has 0 radical (unpaired) electrons. The third kappa shape index (κ3) is 4.59. The van der Waals surface area contributed by atoms with Gasteiger partial charge in [-0.3, -0.25) is 4.79 Å². The van der Waals surface area contributed by atoms with Gasteiger partial charge in [0.1, 0.15) is 6.04 Å². The second-order valence-corrected chi connectivity index (χ2v) is 6.05. The van der Waals surface area contributed by atoms with Crippen molar-refractivity contribution in [3.63, 3.8) is 0 Å². The predicted molar refractivity (Wildman–Crippen MR) is 80.8 cm³/mol. The van der Waals surface area contributed by atoms with Gasteiger partial charge in [-0.2, -0.15) is 0 Å². The van der Waals surface area contributed by atoms with Crippen LogP contribution in [0, 0.1) is 11.8 Å². The Kier molecular flexibility index (Phi) is 5.37. The van der Waals surface area contributed by atoms with Crippen molar-refractivity contribution in [3.05, 3.63) is 35.9 Å². The van der Waals surface area contributed by atoms with Gasteiger partial charge in [-0.25, -0.2) is 4.79 Å². The first kappa shape index (κ1) is 15.5. The third-order valence-corrected chi connectivity index (χ3v) is 4.28. The highest BCUT2D eigenvalue weighted by atomic mass is 16.4. The van der Waals surface area contributed by atoms with E-state index in [1.54, 1.807) is 0 Å². The van der Waals surface area contributed by atoms with Crippen LogP contribution in [-0.2, 0) is 16.0 Å². The highest BCUT2D eigenvalue weighted by molar-refractivity contribution is 5.85. The molecule has 114 valence electrons. The lowest BCUT2D eigenvalue weighted by Gasteiger charge is -2.26. The third-order valence-electron chi connectivity index (χ3n) is 4.28. The molecule has 1 aliphatic carbocycles. The van der Waals surface area contributed by atoms with Crippen LogP contribution in [0.25, 0.3) is 0 Å². The Labute approximate surface area is 125 Å². The van der Waals surface area contributed by atoms with E-state index in [0.717, 1.165) is 31.2 Å². The number of carboxylic acid groups (broad SMARTS) is 1. The summed E-state index contributed by atoms with van der Waals surface area (Å²) >= 11 is 0. The first-order chi connectivity index (χ1) is 10.1. The number of rotatable bonds is 5. The fourth-order valence-corrected chi connectivity index (χ4v) is 2.86. The molecule has 0 heterocycles. The minimum Gasteiger partial charge on any atom is -0.480 e. The van der Waals surface area contributed by atoms with Crippen LogP contribution in [0.2, 0.25) is 0 Å². The van der Waals surface area contributed by atoms with E-state index in [1.165, 1.54) is 0 Å². The van der Waals surface area contributed by atoms with Crippen molar-refractivity contribution in [1.29, 1.82) is 0 Å². The highest BCUT2D eigenvalue weighted by Gasteiger charge is 2.28. The van der Waals surface area contributed by atoms with E-state index in [4.69, 9.17) is 0 Å². The lowest BCUT2D eigenvalue weighted by atomic mass is 9.82. The van der Waals surface area contributed by atoms with Gasteiger partial charge < -0.3 is 10.4 Å². The average molecular weight is 289 g/mol. The van der Waals surface area contributed by atoms with Gasteiger partial charge in [-0.15, -0.1) is 0 Å². The Balaban J connectivity index is 1.93. The average Bonchev–Trinajstić information content (AvgIpc) is 2.48. The number of hydrogen-bond donors (Lipinski definition) is 2. The second-order valence-electron chi connectivity index (χ2n) is 6.05. The second kappa shape index (κ2) is 7.25. The Bertz CT molecular complexity index is 478. The van der Waals surface area contributed by atoms with Crippen molar-refractivity contribution in [2.45, 2.75) is 45.1 Å². The lowest BCUT2D eigenvalue weighted by Crippen LogP contribution is -2.45. The Hall–Kier alpha value is -1.84. The Morgan fingerprint density at radius 1 is 1.19 bits per heavy atom. The number of benzene rings is 1. The summed E-state index contributed by atoms with van der Waals surface area (Å²) < 4.78 is 0. The summed E-state index contributed by atoms with van der Waals surface area (Å²) in [7, 11) is 0. The molecule has 0 aromatic heterocycles. The topological polar surface area (TPSA) is 66.4 Å². The molecule has 0 bridgehead atoms. The molecule has 1 saturated carbocycles. The molecule has 0 unspecified atom stereocenters. The zero-order valence-corrected chi connectivity index (χ0v) is 12.4. The molecule has 1 fully saturated rings. The van der Waals surface area contributed by atoms with Crippen molar-refractivity contribution >= 4 is 11.9 Å². The number of carboxylic acids is 1. The molecule has 4 nitrogen and oxygen atoms in total. The molecule has 21 heavy (non-hydrogen) atoms. The summed E-state index contributed by atoms with van der Waals surface area (Å²) in [6.45, 7) is 2.20. The maximum Gasteiger partial charge on any atom is 0.326 e. The summed E-state index contributed by atoms with van der Waals surface area (Å²) in [4.78, 5) is 23.6. The summed E-state index contributed by atoms with van der Waals surface area (Å²) in [5, 5.41) is 12.0. The number of carbonyl (C=O) groups excluding carboxylic acids is 1. The molecular formula is C17H23NO3. The van der Waals surface area contributed by atoms with E-state index < -0.39 is 12.0 Å².